The third kappa shape index (κ3) is 4.40. The van der Waals surface area contributed by atoms with Crippen LogP contribution in [0.15, 0.2) is 24.3 Å². The molecule has 1 atom stereocenters. The molecular formula is C12H13FNO4-. The topological polar surface area (TPSA) is 78.5 Å². The van der Waals surface area contributed by atoms with Crippen molar-refractivity contribution in [2.75, 3.05) is 6.61 Å². The second-order valence-corrected chi connectivity index (χ2v) is 3.55. The zero-order chi connectivity index (χ0) is 13.5. The van der Waals surface area contributed by atoms with Crippen LogP contribution in [0.5, 0.6) is 0 Å². The number of hydrogen-bond acceptors (Lipinski definition) is 4. The number of hydrogen-bond donors (Lipinski definition) is 1. The van der Waals surface area contributed by atoms with E-state index < -0.39 is 30.3 Å². The van der Waals surface area contributed by atoms with Crippen LogP contribution in [0.4, 0.5) is 9.18 Å². The van der Waals surface area contributed by atoms with Gasteiger partial charge >= 0.3 is 6.09 Å². The van der Waals surface area contributed by atoms with E-state index in [9.17, 15) is 19.1 Å². The number of carbonyl (C=O) groups is 2. The number of ether oxygens (including phenoxy) is 1. The number of amides is 1. The van der Waals surface area contributed by atoms with E-state index in [1.165, 1.54) is 24.3 Å². The van der Waals surface area contributed by atoms with Gasteiger partial charge in [-0.3, -0.25) is 0 Å². The van der Waals surface area contributed by atoms with E-state index in [0.717, 1.165) is 0 Å². The molecule has 98 valence electrons. The quantitative estimate of drug-likeness (QED) is 0.841. The lowest BCUT2D eigenvalue weighted by Gasteiger charge is -2.19. The maximum atomic E-state index is 12.8. The molecular weight excluding hydrogens is 241 g/mol. The highest BCUT2D eigenvalue weighted by Gasteiger charge is 2.15. The van der Waals surface area contributed by atoms with Crippen molar-refractivity contribution in [2.45, 2.75) is 19.4 Å². The Morgan fingerprint density at radius 2 is 2.00 bits per heavy atom. The Bertz CT molecular complexity index is 419. The summed E-state index contributed by atoms with van der Waals surface area (Å²) in [5.41, 5.74) is 0.466. The molecule has 0 saturated heterocycles. The molecule has 1 aromatic carbocycles. The van der Waals surface area contributed by atoms with Gasteiger partial charge in [0, 0.05) is 12.4 Å². The minimum Gasteiger partial charge on any atom is -0.550 e. The molecule has 0 radical (unpaired) electrons. The van der Waals surface area contributed by atoms with Crippen molar-refractivity contribution in [1.82, 2.24) is 5.32 Å². The predicted molar refractivity (Wildman–Crippen MR) is 58.9 cm³/mol. The predicted octanol–water partition coefficient (Wildman–Crippen LogP) is 0.753. The van der Waals surface area contributed by atoms with Gasteiger partial charge in [0.1, 0.15) is 5.82 Å². The molecule has 0 aliphatic rings. The van der Waals surface area contributed by atoms with Crippen LogP contribution in [0, 0.1) is 5.82 Å². The lowest BCUT2D eigenvalue weighted by Crippen LogP contribution is -2.34. The van der Waals surface area contributed by atoms with Gasteiger partial charge in [-0.05, 0) is 24.6 Å². The van der Waals surface area contributed by atoms with Crippen molar-refractivity contribution in [3.8, 4) is 0 Å². The normalized spacial score (nSPS) is 11.7. The minimum absolute atomic E-state index is 0.174. The van der Waals surface area contributed by atoms with Crippen molar-refractivity contribution in [3.05, 3.63) is 35.6 Å². The third-order valence-corrected chi connectivity index (χ3v) is 2.21. The summed E-state index contributed by atoms with van der Waals surface area (Å²) < 4.78 is 17.4. The first-order valence-corrected chi connectivity index (χ1v) is 5.41. The molecule has 1 N–H and O–H groups in total. The smallest absolute Gasteiger partial charge is 0.407 e. The molecule has 6 heteroatoms. The van der Waals surface area contributed by atoms with Gasteiger partial charge in [0.05, 0.1) is 12.6 Å². The van der Waals surface area contributed by atoms with Crippen LogP contribution in [-0.4, -0.2) is 18.7 Å². The Balaban J connectivity index is 2.80. The van der Waals surface area contributed by atoms with Gasteiger partial charge in [0.25, 0.3) is 0 Å². The zero-order valence-electron chi connectivity index (χ0n) is 9.81. The molecule has 0 bridgehead atoms. The van der Waals surface area contributed by atoms with Crippen LogP contribution in [0.3, 0.4) is 0 Å². The summed E-state index contributed by atoms with van der Waals surface area (Å²) in [6, 6.07) is 4.36. The molecule has 1 rings (SSSR count). The molecule has 5 nitrogen and oxygen atoms in total. The number of carbonyl (C=O) groups excluding carboxylic acids is 2. The first-order chi connectivity index (χ1) is 8.52. The number of alkyl carbamates (subject to hydrolysis) is 1. The van der Waals surface area contributed by atoms with Crippen LogP contribution in [0.1, 0.15) is 24.9 Å². The van der Waals surface area contributed by atoms with Gasteiger partial charge in [-0.1, -0.05) is 12.1 Å². The second kappa shape index (κ2) is 6.58. The molecule has 0 unspecified atom stereocenters. The first kappa shape index (κ1) is 14.0. The summed E-state index contributed by atoms with van der Waals surface area (Å²) in [7, 11) is 0. The van der Waals surface area contributed by atoms with E-state index in [1.54, 1.807) is 6.92 Å². The van der Waals surface area contributed by atoms with E-state index in [-0.39, 0.29) is 6.61 Å². The number of nitrogens with one attached hydrogen (secondary N) is 1. The second-order valence-electron chi connectivity index (χ2n) is 3.55. The van der Waals surface area contributed by atoms with Crippen LogP contribution in [0.25, 0.3) is 0 Å². The Hall–Kier alpha value is -2.11. The summed E-state index contributed by atoms with van der Waals surface area (Å²) in [5.74, 6) is -1.76. The summed E-state index contributed by atoms with van der Waals surface area (Å²) in [4.78, 5) is 21.9. The molecule has 0 heterocycles. The van der Waals surface area contributed by atoms with Crippen molar-refractivity contribution in [3.63, 3.8) is 0 Å². The molecule has 1 aromatic rings. The highest BCUT2D eigenvalue weighted by molar-refractivity contribution is 5.70. The number of aliphatic carboxylic acids is 1. The number of carboxylic acid groups (broad SMARTS) is 1. The highest BCUT2D eigenvalue weighted by Crippen LogP contribution is 2.17. The minimum atomic E-state index is -1.32. The summed E-state index contributed by atoms with van der Waals surface area (Å²) in [6.45, 7) is 1.80. The summed E-state index contributed by atoms with van der Waals surface area (Å²) in [6.07, 6.45) is -1.14. The number of benzene rings is 1. The SMILES string of the molecule is CCOC(=O)N[C@H](CC(=O)[O-])c1ccc(F)cc1. The van der Waals surface area contributed by atoms with Crippen LogP contribution in [-0.2, 0) is 9.53 Å². The molecule has 0 fully saturated rings. The van der Waals surface area contributed by atoms with Gasteiger partial charge < -0.3 is 20.0 Å². The molecule has 0 aliphatic carbocycles. The fourth-order valence-corrected chi connectivity index (χ4v) is 1.43. The average molecular weight is 254 g/mol. The molecule has 0 spiro atoms. The molecule has 18 heavy (non-hydrogen) atoms. The fourth-order valence-electron chi connectivity index (χ4n) is 1.43. The van der Waals surface area contributed by atoms with Crippen LogP contribution >= 0.6 is 0 Å². The van der Waals surface area contributed by atoms with Gasteiger partial charge in [0.15, 0.2) is 0 Å². The lowest BCUT2D eigenvalue weighted by atomic mass is 10.0. The summed E-state index contributed by atoms with van der Waals surface area (Å²) >= 11 is 0. The van der Waals surface area contributed by atoms with Crippen molar-refractivity contribution < 1.29 is 23.8 Å². The molecule has 0 aromatic heterocycles. The van der Waals surface area contributed by atoms with Gasteiger partial charge in [-0.2, -0.15) is 0 Å². The molecule has 0 saturated carbocycles. The average Bonchev–Trinajstić information content (AvgIpc) is 2.28. The number of carboxylic acids is 1. The fraction of sp³-hybridized carbons (Fsp3) is 0.333. The Morgan fingerprint density at radius 3 is 2.50 bits per heavy atom. The van der Waals surface area contributed by atoms with Crippen molar-refractivity contribution in [2.24, 2.45) is 0 Å². The molecule has 0 aliphatic heterocycles. The van der Waals surface area contributed by atoms with Gasteiger partial charge in [-0.15, -0.1) is 0 Å². The van der Waals surface area contributed by atoms with E-state index in [0.29, 0.717) is 5.56 Å². The monoisotopic (exact) mass is 254 g/mol. The highest BCUT2D eigenvalue weighted by atomic mass is 19.1. The van der Waals surface area contributed by atoms with Crippen molar-refractivity contribution in [1.29, 1.82) is 0 Å². The number of rotatable bonds is 5. The summed E-state index contributed by atoms with van der Waals surface area (Å²) in [5, 5.41) is 13.0. The van der Waals surface area contributed by atoms with Gasteiger partial charge in [0.2, 0.25) is 0 Å². The number of halogens is 1. The van der Waals surface area contributed by atoms with Crippen molar-refractivity contribution >= 4 is 12.1 Å². The Labute approximate surface area is 104 Å². The Kier molecular flexibility index (Phi) is 5.10. The largest absolute Gasteiger partial charge is 0.550 e. The Morgan fingerprint density at radius 1 is 1.39 bits per heavy atom. The van der Waals surface area contributed by atoms with Crippen LogP contribution in [0.2, 0.25) is 0 Å². The van der Waals surface area contributed by atoms with E-state index >= 15 is 0 Å². The van der Waals surface area contributed by atoms with E-state index in [1.807, 2.05) is 0 Å². The van der Waals surface area contributed by atoms with Gasteiger partial charge in [-0.25, -0.2) is 9.18 Å². The van der Waals surface area contributed by atoms with E-state index in [2.05, 4.69) is 10.1 Å². The standard InChI is InChI=1S/C12H14FNO4/c1-2-18-12(17)14-10(7-11(15)16)8-3-5-9(13)6-4-8/h3-6,10H,2,7H2,1H3,(H,14,17)(H,15,16)/p-1/t10-/m1/s1. The zero-order valence-corrected chi connectivity index (χ0v) is 9.81. The van der Waals surface area contributed by atoms with E-state index in [4.69, 9.17) is 0 Å². The van der Waals surface area contributed by atoms with Crippen LogP contribution < -0.4 is 10.4 Å². The molecule has 1 amide bonds. The third-order valence-electron chi connectivity index (χ3n) is 2.21. The maximum absolute atomic E-state index is 12.8. The maximum Gasteiger partial charge on any atom is 0.407 e. The lowest BCUT2D eigenvalue weighted by molar-refractivity contribution is -0.306. The first-order valence-electron chi connectivity index (χ1n) is 5.41.